The Morgan fingerprint density at radius 1 is 0.463 bits per heavy atom. The highest BCUT2D eigenvalue weighted by Crippen LogP contribution is 2.58. The minimum Gasteiger partial charge on any atom is -0.434 e. The van der Waals surface area contributed by atoms with Gasteiger partial charge in [-0.25, -0.2) is 4.98 Å². The zero-order chi connectivity index (χ0) is 36.2. The fourth-order valence-electron chi connectivity index (χ4n) is 8.20. The van der Waals surface area contributed by atoms with E-state index in [4.69, 9.17) is 9.40 Å². The highest BCUT2D eigenvalue weighted by Gasteiger charge is 2.41. The summed E-state index contributed by atoms with van der Waals surface area (Å²) >= 11 is 0. The van der Waals surface area contributed by atoms with Crippen LogP contribution in [0.25, 0.3) is 44.5 Å². The van der Waals surface area contributed by atoms with E-state index in [2.05, 4.69) is 194 Å². The molecule has 0 aliphatic heterocycles. The second kappa shape index (κ2) is 12.6. The molecule has 0 unspecified atom stereocenters. The van der Waals surface area contributed by atoms with Crippen LogP contribution in [-0.4, -0.2) is 4.98 Å². The Labute approximate surface area is 315 Å². The van der Waals surface area contributed by atoms with Crippen LogP contribution >= 0.6 is 0 Å². The minimum absolute atomic E-state index is 0.287. The molecule has 0 fully saturated rings. The van der Waals surface area contributed by atoms with Gasteiger partial charge in [0.2, 0.25) is 5.89 Å². The average Bonchev–Trinajstić information content (AvgIpc) is 3.75. The van der Waals surface area contributed by atoms with Crippen molar-refractivity contribution in [3.05, 3.63) is 199 Å². The third-order valence-electron chi connectivity index (χ3n) is 10.8. The molecule has 1 aromatic heterocycles. The largest absolute Gasteiger partial charge is 0.434 e. The van der Waals surface area contributed by atoms with Crippen molar-refractivity contribution in [2.24, 2.45) is 0 Å². The van der Waals surface area contributed by atoms with Gasteiger partial charge in [-0.2, -0.15) is 0 Å². The van der Waals surface area contributed by atoms with Crippen LogP contribution in [0, 0.1) is 0 Å². The molecule has 0 spiro atoms. The number of nitrogens with zero attached hydrogens (tertiary/aromatic N) is 3. The predicted molar refractivity (Wildman–Crippen MR) is 224 cm³/mol. The maximum atomic E-state index is 6.96. The molecule has 258 valence electrons. The molecular formula is C50H37N3O. The summed E-state index contributed by atoms with van der Waals surface area (Å²) in [6, 6.07) is 66.5. The zero-order valence-electron chi connectivity index (χ0n) is 30.1. The van der Waals surface area contributed by atoms with Crippen molar-refractivity contribution in [3.8, 4) is 22.6 Å². The van der Waals surface area contributed by atoms with Gasteiger partial charge in [0.25, 0.3) is 0 Å². The Morgan fingerprint density at radius 2 is 0.963 bits per heavy atom. The lowest BCUT2D eigenvalue weighted by molar-refractivity contribution is 0.620. The van der Waals surface area contributed by atoms with Crippen molar-refractivity contribution >= 4 is 56.0 Å². The van der Waals surface area contributed by atoms with Crippen molar-refractivity contribution in [1.82, 2.24) is 4.98 Å². The number of para-hydroxylation sites is 3. The first-order valence-electron chi connectivity index (χ1n) is 18.5. The summed E-state index contributed by atoms with van der Waals surface area (Å²) in [7, 11) is 0. The molecule has 0 atom stereocenters. The molecule has 0 bridgehead atoms. The number of benzene rings is 8. The van der Waals surface area contributed by atoms with E-state index in [9.17, 15) is 0 Å². The van der Waals surface area contributed by atoms with Gasteiger partial charge >= 0.3 is 0 Å². The molecule has 8 aromatic carbocycles. The van der Waals surface area contributed by atoms with E-state index in [1.54, 1.807) is 0 Å². The van der Waals surface area contributed by atoms with E-state index in [1.807, 2.05) is 18.2 Å². The highest BCUT2D eigenvalue weighted by molar-refractivity contribution is 6.08. The van der Waals surface area contributed by atoms with Crippen LogP contribution in [0.2, 0.25) is 0 Å². The van der Waals surface area contributed by atoms with Gasteiger partial charge in [-0.1, -0.05) is 117 Å². The van der Waals surface area contributed by atoms with Gasteiger partial charge in [0.15, 0.2) is 5.58 Å². The van der Waals surface area contributed by atoms with Crippen molar-refractivity contribution in [1.29, 1.82) is 0 Å². The van der Waals surface area contributed by atoms with Gasteiger partial charge in [-0.15, -0.1) is 0 Å². The Bertz CT molecular complexity index is 2750. The van der Waals surface area contributed by atoms with E-state index in [0.29, 0.717) is 5.89 Å². The summed E-state index contributed by atoms with van der Waals surface area (Å²) < 4.78 is 6.96. The second-order valence-electron chi connectivity index (χ2n) is 14.4. The fourth-order valence-corrected chi connectivity index (χ4v) is 8.20. The van der Waals surface area contributed by atoms with E-state index >= 15 is 0 Å². The molecule has 10 rings (SSSR count). The Balaban J connectivity index is 1.29. The standard InChI is InChI=1S/C50H37N3O/c1-50(2)43-31-36-21-16-15-20-35(36)30-42(43)46-44(50)33-45-48(54-49(51-45)34-18-7-3-8-19-34)47(46)53(39-26-13-6-14-27-39)41-29-17-28-40(32-41)52(37-22-9-4-10-23-37)38-24-11-5-12-25-38/h3-33H,1-2H3. The third kappa shape index (κ3) is 5.18. The van der Waals surface area contributed by atoms with Crippen LogP contribution in [0.3, 0.4) is 0 Å². The smallest absolute Gasteiger partial charge is 0.227 e. The molecule has 0 saturated heterocycles. The number of rotatable bonds is 7. The minimum atomic E-state index is -0.287. The molecule has 1 heterocycles. The lowest BCUT2D eigenvalue weighted by atomic mass is 9.81. The van der Waals surface area contributed by atoms with E-state index in [1.165, 1.54) is 33.0 Å². The normalized spacial score (nSPS) is 12.8. The molecule has 4 heteroatoms. The lowest BCUT2D eigenvalue weighted by Gasteiger charge is -2.31. The average molecular weight is 696 g/mol. The molecule has 54 heavy (non-hydrogen) atoms. The Hall–Kier alpha value is -6.91. The van der Waals surface area contributed by atoms with Crippen LogP contribution in [0.1, 0.15) is 25.0 Å². The van der Waals surface area contributed by atoms with Crippen LogP contribution in [0.4, 0.5) is 34.1 Å². The molecule has 4 nitrogen and oxygen atoms in total. The first kappa shape index (κ1) is 31.8. The van der Waals surface area contributed by atoms with Crippen molar-refractivity contribution in [2.75, 3.05) is 9.80 Å². The van der Waals surface area contributed by atoms with Crippen LogP contribution in [-0.2, 0) is 5.41 Å². The monoisotopic (exact) mass is 695 g/mol. The quantitative estimate of drug-likeness (QED) is 0.166. The number of oxazole rings is 1. The SMILES string of the molecule is CC1(C)c2cc3ccccc3cc2-c2c1cc1nc(-c3ccccc3)oc1c2N(c1ccccc1)c1cccc(N(c2ccccc2)c2ccccc2)c1. The summed E-state index contributed by atoms with van der Waals surface area (Å²) in [6.07, 6.45) is 0. The number of anilines is 6. The van der Waals surface area contributed by atoms with Gasteiger partial charge < -0.3 is 14.2 Å². The summed E-state index contributed by atoms with van der Waals surface area (Å²) in [5.74, 6) is 0.605. The molecule has 1 aliphatic rings. The maximum Gasteiger partial charge on any atom is 0.227 e. The molecule has 0 saturated carbocycles. The van der Waals surface area contributed by atoms with Crippen LogP contribution in [0.5, 0.6) is 0 Å². The summed E-state index contributed by atoms with van der Waals surface area (Å²) in [4.78, 5) is 9.88. The third-order valence-corrected chi connectivity index (χ3v) is 10.8. The Morgan fingerprint density at radius 3 is 1.57 bits per heavy atom. The van der Waals surface area contributed by atoms with Crippen molar-refractivity contribution < 1.29 is 4.42 Å². The van der Waals surface area contributed by atoms with Crippen molar-refractivity contribution in [3.63, 3.8) is 0 Å². The topological polar surface area (TPSA) is 32.5 Å². The second-order valence-corrected chi connectivity index (χ2v) is 14.4. The van der Waals surface area contributed by atoms with Gasteiger partial charge in [0.05, 0.1) is 5.69 Å². The van der Waals surface area contributed by atoms with Crippen LogP contribution in [0.15, 0.2) is 192 Å². The molecular weight excluding hydrogens is 659 g/mol. The lowest BCUT2D eigenvalue weighted by Crippen LogP contribution is -2.16. The number of hydrogen-bond acceptors (Lipinski definition) is 4. The molecule has 0 radical (unpaired) electrons. The fraction of sp³-hybridized carbons (Fsp3) is 0.0600. The maximum absolute atomic E-state index is 6.96. The molecule has 0 amide bonds. The first-order valence-corrected chi connectivity index (χ1v) is 18.5. The summed E-state index contributed by atoms with van der Waals surface area (Å²) in [6.45, 7) is 4.68. The highest BCUT2D eigenvalue weighted by atomic mass is 16.3. The molecule has 1 aliphatic carbocycles. The van der Waals surface area contributed by atoms with Gasteiger partial charge in [-0.3, -0.25) is 0 Å². The molecule has 9 aromatic rings. The molecule has 0 N–H and O–H groups in total. The first-order chi connectivity index (χ1) is 26.5. The van der Waals surface area contributed by atoms with E-state index in [0.717, 1.165) is 50.8 Å². The number of hydrogen-bond donors (Lipinski definition) is 0. The van der Waals surface area contributed by atoms with Crippen LogP contribution < -0.4 is 9.80 Å². The van der Waals surface area contributed by atoms with Gasteiger partial charge in [0.1, 0.15) is 5.52 Å². The number of aromatic nitrogens is 1. The number of fused-ring (bicyclic) bond motifs is 5. The van der Waals surface area contributed by atoms with E-state index in [-0.39, 0.29) is 5.41 Å². The van der Waals surface area contributed by atoms with Gasteiger partial charge in [0, 0.05) is 45.0 Å². The summed E-state index contributed by atoms with van der Waals surface area (Å²) in [5.41, 5.74) is 13.4. The summed E-state index contributed by atoms with van der Waals surface area (Å²) in [5, 5.41) is 2.45. The van der Waals surface area contributed by atoms with Gasteiger partial charge in [-0.05, 0) is 112 Å². The Kier molecular flexibility index (Phi) is 7.44. The van der Waals surface area contributed by atoms with E-state index < -0.39 is 0 Å². The zero-order valence-corrected chi connectivity index (χ0v) is 30.1. The predicted octanol–water partition coefficient (Wildman–Crippen LogP) is 13.9. The van der Waals surface area contributed by atoms with Crippen molar-refractivity contribution in [2.45, 2.75) is 19.3 Å².